The Morgan fingerprint density at radius 3 is 2.67 bits per heavy atom. The summed E-state index contributed by atoms with van der Waals surface area (Å²) in [4.78, 5) is 10.7. The molecule has 1 aromatic rings. The van der Waals surface area contributed by atoms with Crippen molar-refractivity contribution in [3.05, 3.63) is 29.8 Å². The molecule has 0 saturated carbocycles. The Balaban J connectivity index is 2.63. The van der Waals surface area contributed by atoms with Gasteiger partial charge in [0.1, 0.15) is 0 Å². The van der Waals surface area contributed by atoms with E-state index in [0.29, 0.717) is 5.69 Å². The van der Waals surface area contributed by atoms with E-state index in [4.69, 9.17) is 5.11 Å². The molecule has 2 N–H and O–H groups in total. The summed E-state index contributed by atoms with van der Waals surface area (Å²) in [5, 5.41) is 11.5. The quantitative estimate of drug-likeness (QED) is 0.793. The van der Waals surface area contributed by atoms with Crippen LogP contribution in [0.25, 0.3) is 0 Å². The number of carboxylic acid groups (broad SMARTS) is 1. The average molecular weight is 215 g/mol. The predicted octanol–water partition coefficient (Wildman–Crippen LogP) is 2.45. The van der Waals surface area contributed by atoms with E-state index in [1.165, 1.54) is 6.07 Å². The second-order valence-electron chi connectivity index (χ2n) is 2.96. The van der Waals surface area contributed by atoms with Crippen molar-refractivity contribution in [2.24, 2.45) is 0 Å². The van der Waals surface area contributed by atoms with Crippen molar-refractivity contribution < 1.29 is 18.7 Å². The van der Waals surface area contributed by atoms with Crippen molar-refractivity contribution in [2.45, 2.75) is 12.8 Å². The zero-order valence-corrected chi connectivity index (χ0v) is 7.91. The lowest BCUT2D eigenvalue weighted by molar-refractivity contribution is 0.0698. The van der Waals surface area contributed by atoms with Gasteiger partial charge in [-0.25, -0.2) is 13.6 Å². The Kier molecular flexibility index (Phi) is 4.03. The largest absolute Gasteiger partial charge is 0.478 e. The van der Waals surface area contributed by atoms with E-state index in [1.54, 1.807) is 18.2 Å². The normalized spacial score (nSPS) is 10.3. The lowest BCUT2D eigenvalue weighted by Gasteiger charge is -2.08. The van der Waals surface area contributed by atoms with E-state index in [1.807, 2.05) is 0 Å². The lowest BCUT2D eigenvalue weighted by atomic mass is 10.2. The van der Waals surface area contributed by atoms with Crippen molar-refractivity contribution >= 4 is 11.7 Å². The van der Waals surface area contributed by atoms with Gasteiger partial charge < -0.3 is 10.4 Å². The van der Waals surface area contributed by atoms with Crippen LogP contribution < -0.4 is 5.32 Å². The van der Waals surface area contributed by atoms with Gasteiger partial charge >= 0.3 is 5.97 Å². The van der Waals surface area contributed by atoms with Crippen molar-refractivity contribution in [2.75, 3.05) is 11.9 Å². The highest BCUT2D eigenvalue weighted by Gasteiger charge is 2.08. The van der Waals surface area contributed by atoms with E-state index in [2.05, 4.69) is 5.32 Å². The molecule has 5 heteroatoms. The number of alkyl halides is 2. The van der Waals surface area contributed by atoms with Crippen LogP contribution in [-0.2, 0) is 0 Å². The molecule has 0 aromatic heterocycles. The van der Waals surface area contributed by atoms with Gasteiger partial charge in [-0.3, -0.25) is 0 Å². The van der Waals surface area contributed by atoms with Crippen molar-refractivity contribution in [1.82, 2.24) is 0 Å². The van der Waals surface area contributed by atoms with Crippen LogP contribution in [0.4, 0.5) is 14.5 Å². The summed E-state index contributed by atoms with van der Waals surface area (Å²) >= 11 is 0. The molecule has 0 aliphatic heterocycles. The highest BCUT2D eigenvalue weighted by Crippen LogP contribution is 2.15. The molecular formula is C10H11F2NO2. The Labute approximate surface area is 85.7 Å². The summed E-state index contributed by atoms with van der Waals surface area (Å²) in [7, 11) is 0. The minimum absolute atomic E-state index is 0.0575. The fourth-order valence-corrected chi connectivity index (χ4v) is 1.14. The summed E-state index contributed by atoms with van der Waals surface area (Å²) in [6, 6.07) is 6.21. The molecule has 0 radical (unpaired) electrons. The van der Waals surface area contributed by atoms with Crippen LogP contribution in [0.2, 0.25) is 0 Å². The standard InChI is InChI=1S/C10H11F2NO2/c11-9(12)5-6-13-8-4-2-1-3-7(8)10(14)15/h1-4,9,13H,5-6H2,(H,14,15). The first-order valence-corrected chi connectivity index (χ1v) is 4.45. The molecule has 0 saturated heterocycles. The van der Waals surface area contributed by atoms with Crippen molar-refractivity contribution in [3.63, 3.8) is 0 Å². The van der Waals surface area contributed by atoms with Gasteiger partial charge in [-0.15, -0.1) is 0 Å². The zero-order valence-electron chi connectivity index (χ0n) is 7.91. The molecule has 3 nitrogen and oxygen atoms in total. The van der Waals surface area contributed by atoms with Crippen LogP contribution >= 0.6 is 0 Å². The number of aromatic carboxylic acids is 1. The maximum atomic E-state index is 11.8. The van der Waals surface area contributed by atoms with Gasteiger partial charge in [0.25, 0.3) is 0 Å². The second kappa shape index (κ2) is 5.29. The molecule has 82 valence electrons. The number of carbonyl (C=O) groups is 1. The first-order chi connectivity index (χ1) is 7.11. The molecular weight excluding hydrogens is 204 g/mol. The fraction of sp³-hybridized carbons (Fsp3) is 0.300. The monoisotopic (exact) mass is 215 g/mol. The highest BCUT2D eigenvalue weighted by atomic mass is 19.3. The average Bonchev–Trinajstić information content (AvgIpc) is 2.17. The molecule has 0 bridgehead atoms. The van der Waals surface area contributed by atoms with Crippen LogP contribution in [0.15, 0.2) is 24.3 Å². The van der Waals surface area contributed by atoms with Gasteiger partial charge in [0.05, 0.1) is 5.56 Å². The molecule has 0 heterocycles. The van der Waals surface area contributed by atoms with Gasteiger partial charge in [0, 0.05) is 18.7 Å². The van der Waals surface area contributed by atoms with Gasteiger partial charge in [0.2, 0.25) is 6.43 Å². The first kappa shape index (κ1) is 11.4. The third kappa shape index (κ3) is 3.53. The number of hydrogen-bond donors (Lipinski definition) is 2. The number of nitrogens with one attached hydrogen (secondary N) is 1. The summed E-state index contributed by atoms with van der Waals surface area (Å²) in [6.07, 6.45) is -2.68. The Morgan fingerprint density at radius 2 is 2.07 bits per heavy atom. The molecule has 0 atom stereocenters. The zero-order chi connectivity index (χ0) is 11.3. The van der Waals surface area contributed by atoms with E-state index in [0.717, 1.165) is 0 Å². The number of halogens is 2. The van der Waals surface area contributed by atoms with Gasteiger partial charge in [-0.05, 0) is 12.1 Å². The van der Waals surface area contributed by atoms with Crippen LogP contribution in [0.5, 0.6) is 0 Å². The summed E-state index contributed by atoms with van der Waals surface area (Å²) in [5.41, 5.74) is 0.456. The Morgan fingerprint density at radius 1 is 1.40 bits per heavy atom. The van der Waals surface area contributed by atoms with E-state index in [9.17, 15) is 13.6 Å². The van der Waals surface area contributed by atoms with E-state index >= 15 is 0 Å². The highest BCUT2D eigenvalue weighted by molar-refractivity contribution is 5.94. The minimum Gasteiger partial charge on any atom is -0.478 e. The summed E-state index contributed by atoms with van der Waals surface area (Å²) in [6.45, 7) is 0.0575. The number of benzene rings is 1. The maximum absolute atomic E-state index is 11.8. The third-order valence-electron chi connectivity index (χ3n) is 1.84. The Bertz CT molecular complexity index is 342. The predicted molar refractivity (Wildman–Crippen MR) is 52.5 cm³/mol. The van der Waals surface area contributed by atoms with Gasteiger partial charge in [0.15, 0.2) is 0 Å². The number of rotatable bonds is 5. The fourth-order valence-electron chi connectivity index (χ4n) is 1.14. The van der Waals surface area contributed by atoms with E-state index < -0.39 is 12.4 Å². The van der Waals surface area contributed by atoms with Crippen LogP contribution in [0.3, 0.4) is 0 Å². The molecule has 0 spiro atoms. The van der Waals surface area contributed by atoms with Crippen LogP contribution in [0, 0.1) is 0 Å². The summed E-state index contributed by atoms with van der Waals surface area (Å²) < 4.78 is 23.7. The molecule has 1 aromatic carbocycles. The van der Waals surface area contributed by atoms with Crippen molar-refractivity contribution in [3.8, 4) is 0 Å². The van der Waals surface area contributed by atoms with Gasteiger partial charge in [-0.1, -0.05) is 12.1 Å². The van der Waals surface area contributed by atoms with Crippen LogP contribution in [-0.4, -0.2) is 24.0 Å². The number of hydrogen-bond acceptors (Lipinski definition) is 2. The number of carboxylic acids is 1. The molecule has 0 aliphatic rings. The number of para-hydroxylation sites is 1. The molecule has 0 fully saturated rings. The second-order valence-corrected chi connectivity index (χ2v) is 2.96. The van der Waals surface area contributed by atoms with E-state index in [-0.39, 0.29) is 18.5 Å². The number of anilines is 1. The molecule has 0 unspecified atom stereocenters. The maximum Gasteiger partial charge on any atom is 0.337 e. The molecule has 0 amide bonds. The topological polar surface area (TPSA) is 49.3 Å². The molecule has 1 rings (SSSR count). The first-order valence-electron chi connectivity index (χ1n) is 4.45. The van der Waals surface area contributed by atoms with Gasteiger partial charge in [-0.2, -0.15) is 0 Å². The SMILES string of the molecule is O=C(O)c1ccccc1NCCC(F)F. The van der Waals surface area contributed by atoms with Crippen LogP contribution in [0.1, 0.15) is 16.8 Å². The summed E-state index contributed by atoms with van der Waals surface area (Å²) in [5.74, 6) is -1.07. The molecule has 15 heavy (non-hydrogen) atoms. The minimum atomic E-state index is -2.38. The smallest absolute Gasteiger partial charge is 0.337 e. The Hall–Kier alpha value is -1.65. The molecule has 0 aliphatic carbocycles. The third-order valence-corrected chi connectivity index (χ3v) is 1.84. The van der Waals surface area contributed by atoms with Crippen molar-refractivity contribution in [1.29, 1.82) is 0 Å². The lowest BCUT2D eigenvalue weighted by Crippen LogP contribution is -2.09.